The van der Waals surface area contributed by atoms with Gasteiger partial charge < -0.3 is 0 Å². The average molecular weight is 291 g/mol. The minimum absolute atomic E-state index is 0.0730. The number of thiazole rings is 1. The Morgan fingerprint density at radius 3 is 2.48 bits per heavy atom. The second-order valence-corrected chi connectivity index (χ2v) is 6.16. The highest BCUT2D eigenvalue weighted by Crippen LogP contribution is 2.29. The van der Waals surface area contributed by atoms with E-state index in [1.54, 1.807) is 11.3 Å². The van der Waals surface area contributed by atoms with E-state index in [-0.39, 0.29) is 5.56 Å². The summed E-state index contributed by atoms with van der Waals surface area (Å²) < 4.78 is 2.96. The van der Waals surface area contributed by atoms with Gasteiger partial charge in [0.05, 0.1) is 10.2 Å². The standard InChI is InChI=1S/C18H13NOS/c1-12-14(13-7-3-2-4-8-13)11-17-19(18(12)20)15-9-5-6-10-16(15)21-17/h2-11H,1H3. The van der Waals surface area contributed by atoms with Crippen LogP contribution in [0.4, 0.5) is 0 Å². The molecule has 0 aliphatic heterocycles. The summed E-state index contributed by atoms with van der Waals surface area (Å²) in [5.41, 5.74) is 3.97. The largest absolute Gasteiger partial charge is 0.269 e. The smallest absolute Gasteiger partial charge is 0.259 e. The van der Waals surface area contributed by atoms with Crippen LogP contribution in [-0.2, 0) is 0 Å². The van der Waals surface area contributed by atoms with Crippen molar-refractivity contribution in [1.82, 2.24) is 4.40 Å². The Labute approximate surface area is 125 Å². The molecule has 21 heavy (non-hydrogen) atoms. The minimum atomic E-state index is 0.0730. The van der Waals surface area contributed by atoms with E-state index >= 15 is 0 Å². The lowest BCUT2D eigenvalue weighted by Crippen LogP contribution is -2.15. The molecular formula is C18H13NOS. The topological polar surface area (TPSA) is 21.5 Å². The molecule has 0 N–H and O–H groups in total. The van der Waals surface area contributed by atoms with E-state index in [0.717, 1.165) is 31.7 Å². The summed E-state index contributed by atoms with van der Waals surface area (Å²) in [5.74, 6) is 0. The monoisotopic (exact) mass is 291 g/mol. The third kappa shape index (κ3) is 1.82. The van der Waals surface area contributed by atoms with Crippen molar-refractivity contribution in [2.75, 3.05) is 0 Å². The van der Waals surface area contributed by atoms with Crippen molar-refractivity contribution >= 4 is 26.4 Å². The molecule has 0 amide bonds. The molecule has 0 unspecified atom stereocenters. The summed E-state index contributed by atoms with van der Waals surface area (Å²) >= 11 is 1.66. The number of nitrogens with zero attached hydrogens (tertiary/aromatic N) is 1. The fourth-order valence-corrected chi connectivity index (χ4v) is 3.83. The van der Waals surface area contributed by atoms with Crippen molar-refractivity contribution in [2.24, 2.45) is 0 Å². The molecule has 102 valence electrons. The Bertz CT molecular complexity index is 1010. The number of hydrogen-bond donors (Lipinski definition) is 0. The fourth-order valence-electron chi connectivity index (χ4n) is 2.74. The summed E-state index contributed by atoms with van der Waals surface area (Å²) in [4.78, 5) is 13.8. The van der Waals surface area contributed by atoms with E-state index in [2.05, 4.69) is 12.1 Å². The van der Waals surface area contributed by atoms with Gasteiger partial charge in [0.2, 0.25) is 0 Å². The van der Waals surface area contributed by atoms with Gasteiger partial charge in [-0.15, -0.1) is 11.3 Å². The molecule has 2 aromatic carbocycles. The van der Waals surface area contributed by atoms with Gasteiger partial charge in [0, 0.05) is 5.56 Å². The minimum Gasteiger partial charge on any atom is -0.269 e. The van der Waals surface area contributed by atoms with Crippen LogP contribution in [0.25, 0.3) is 26.2 Å². The first-order chi connectivity index (χ1) is 10.3. The Morgan fingerprint density at radius 1 is 0.952 bits per heavy atom. The van der Waals surface area contributed by atoms with Gasteiger partial charge >= 0.3 is 0 Å². The van der Waals surface area contributed by atoms with E-state index < -0.39 is 0 Å². The van der Waals surface area contributed by atoms with Gasteiger partial charge in [-0.05, 0) is 36.2 Å². The molecule has 4 aromatic rings. The van der Waals surface area contributed by atoms with Crippen LogP contribution < -0.4 is 5.56 Å². The van der Waals surface area contributed by atoms with Crippen LogP contribution in [0.2, 0.25) is 0 Å². The summed E-state index contributed by atoms with van der Waals surface area (Å²) in [6, 6.07) is 20.3. The molecule has 0 atom stereocenters. The zero-order valence-corrected chi connectivity index (χ0v) is 12.4. The predicted octanol–water partition coefficient (Wildman–Crippen LogP) is 4.49. The fraction of sp³-hybridized carbons (Fsp3) is 0.0556. The van der Waals surface area contributed by atoms with Crippen molar-refractivity contribution < 1.29 is 0 Å². The van der Waals surface area contributed by atoms with Crippen LogP contribution in [0.3, 0.4) is 0 Å². The first-order valence-corrected chi connectivity index (χ1v) is 7.67. The lowest BCUT2D eigenvalue weighted by Gasteiger charge is -2.06. The van der Waals surface area contributed by atoms with Gasteiger partial charge in [0.25, 0.3) is 5.56 Å². The number of para-hydroxylation sites is 1. The zero-order chi connectivity index (χ0) is 14.4. The van der Waals surface area contributed by atoms with Crippen molar-refractivity contribution in [3.63, 3.8) is 0 Å². The number of hydrogen-bond acceptors (Lipinski definition) is 2. The molecule has 0 saturated carbocycles. The SMILES string of the molecule is Cc1c(-c2ccccc2)cc2sc3ccccc3n2c1=O. The van der Waals surface area contributed by atoms with E-state index in [1.807, 2.05) is 59.9 Å². The third-order valence-electron chi connectivity index (χ3n) is 3.82. The predicted molar refractivity (Wildman–Crippen MR) is 89.2 cm³/mol. The van der Waals surface area contributed by atoms with Crippen LogP contribution in [0.5, 0.6) is 0 Å². The number of rotatable bonds is 1. The number of pyridine rings is 1. The number of benzene rings is 2. The van der Waals surface area contributed by atoms with Crippen molar-refractivity contribution in [3.8, 4) is 11.1 Å². The molecule has 0 fully saturated rings. The van der Waals surface area contributed by atoms with Crippen LogP contribution >= 0.6 is 11.3 Å². The molecule has 2 nitrogen and oxygen atoms in total. The molecule has 2 heterocycles. The van der Waals surface area contributed by atoms with Crippen molar-refractivity contribution in [3.05, 3.63) is 76.6 Å². The Balaban J connectivity index is 2.15. The highest BCUT2D eigenvalue weighted by Gasteiger charge is 2.12. The normalized spacial score (nSPS) is 11.3. The van der Waals surface area contributed by atoms with Gasteiger partial charge in [-0.1, -0.05) is 42.5 Å². The molecule has 0 aliphatic rings. The molecule has 0 spiro atoms. The number of fused-ring (bicyclic) bond motifs is 3. The molecule has 0 aliphatic carbocycles. The zero-order valence-electron chi connectivity index (χ0n) is 11.5. The lowest BCUT2D eigenvalue weighted by molar-refractivity contribution is 1.14. The van der Waals surface area contributed by atoms with E-state index in [0.29, 0.717) is 0 Å². The van der Waals surface area contributed by atoms with Gasteiger partial charge in [0.15, 0.2) is 0 Å². The summed E-state index contributed by atoms with van der Waals surface area (Å²) in [6.07, 6.45) is 0. The van der Waals surface area contributed by atoms with Crippen molar-refractivity contribution in [2.45, 2.75) is 6.92 Å². The average Bonchev–Trinajstić information content (AvgIpc) is 2.90. The second kappa shape index (κ2) is 4.57. The van der Waals surface area contributed by atoms with Crippen molar-refractivity contribution in [1.29, 1.82) is 0 Å². The maximum Gasteiger partial charge on any atom is 0.259 e. The van der Waals surface area contributed by atoms with E-state index in [4.69, 9.17) is 0 Å². The Kier molecular flexibility index (Phi) is 2.69. The highest BCUT2D eigenvalue weighted by atomic mass is 32.1. The summed E-state index contributed by atoms with van der Waals surface area (Å²) in [5, 5.41) is 0. The first kappa shape index (κ1) is 12.4. The first-order valence-electron chi connectivity index (χ1n) is 6.85. The highest BCUT2D eigenvalue weighted by molar-refractivity contribution is 7.23. The lowest BCUT2D eigenvalue weighted by atomic mass is 10.0. The number of aromatic nitrogens is 1. The molecule has 0 bridgehead atoms. The summed E-state index contributed by atoms with van der Waals surface area (Å²) in [6.45, 7) is 1.91. The molecule has 0 radical (unpaired) electrons. The molecule has 4 rings (SSSR count). The van der Waals surface area contributed by atoms with E-state index in [1.165, 1.54) is 0 Å². The quantitative estimate of drug-likeness (QED) is 0.506. The maximum atomic E-state index is 12.8. The van der Waals surface area contributed by atoms with Gasteiger partial charge in [0.1, 0.15) is 4.83 Å². The van der Waals surface area contributed by atoms with Crippen LogP contribution in [0, 0.1) is 6.92 Å². The van der Waals surface area contributed by atoms with E-state index in [9.17, 15) is 4.79 Å². The molecule has 2 aromatic heterocycles. The van der Waals surface area contributed by atoms with Crippen LogP contribution in [-0.4, -0.2) is 4.40 Å². The van der Waals surface area contributed by atoms with Crippen LogP contribution in [0.15, 0.2) is 65.5 Å². The second-order valence-electron chi connectivity index (χ2n) is 5.10. The third-order valence-corrected chi connectivity index (χ3v) is 4.90. The maximum absolute atomic E-state index is 12.8. The molecular weight excluding hydrogens is 278 g/mol. The molecule has 3 heteroatoms. The van der Waals surface area contributed by atoms with Gasteiger partial charge in [-0.25, -0.2) is 0 Å². The van der Waals surface area contributed by atoms with Gasteiger partial charge in [-0.2, -0.15) is 0 Å². The Hall–Kier alpha value is -2.39. The summed E-state index contributed by atoms with van der Waals surface area (Å²) in [7, 11) is 0. The van der Waals surface area contributed by atoms with Gasteiger partial charge in [-0.3, -0.25) is 9.20 Å². The van der Waals surface area contributed by atoms with Crippen LogP contribution in [0.1, 0.15) is 5.56 Å². The Morgan fingerprint density at radius 2 is 1.67 bits per heavy atom. The molecule has 0 saturated heterocycles.